The van der Waals surface area contributed by atoms with Gasteiger partial charge in [0, 0.05) is 23.5 Å². The minimum Gasteiger partial charge on any atom is -0.321 e. The zero-order valence-corrected chi connectivity index (χ0v) is 16.5. The fourth-order valence-corrected chi connectivity index (χ4v) is 4.26. The second-order valence-corrected chi connectivity index (χ2v) is 8.37. The molecule has 1 heterocycles. The van der Waals surface area contributed by atoms with Crippen LogP contribution in [0.15, 0.2) is 53.4 Å². The summed E-state index contributed by atoms with van der Waals surface area (Å²) < 4.78 is 0. The molecule has 3 rings (SSSR count). The van der Waals surface area contributed by atoms with E-state index < -0.39 is 0 Å². The van der Waals surface area contributed by atoms with Gasteiger partial charge in [-0.1, -0.05) is 38.1 Å². The molecule has 2 aromatic rings. The maximum atomic E-state index is 12.6. The van der Waals surface area contributed by atoms with Crippen LogP contribution < -0.4 is 5.32 Å². The number of carbonyl (C=O) groups is 1. The predicted octanol–water partition coefficient (Wildman–Crippen LogP) is 5.28. The number of hydrogen-bond acceptors (Lipinski definition) is 3. The van der Waals surface area contributed by atoms with Gasteiger partial charge in [0.25, 0.3) is 5.91 Å². The quantitative estimate of drug-likeness (QED) is 0.704. The number of para-hydroxylation sites is 1. The SMILES string of the molecule is CCSc1ccccc1NC(=O)c1ccc(CN2CCC[C@@H](C)C2)cc1. The number of amides is 1. The van der Waals surface area contributed by atoms with Crippen molar-refractivity contribution in [2.75, 3.05) is 24.2 Å². The molecule has 1 fully saturated rings. The van der Waals surface area contributed by atoms with Gasteiger partial charge < -0.3 is 5.32 Å². The van der Waals surface area contributed by atoms with E-state index in [0.717, 1.165) is 28.8 Å². The molecular formula is C22H28N2OS. The molecule has 3 nitrogen and oxygen atoms in total. The maximum Gasteiger partial charge on any atom is 0.255 e. The average molecular weight is 369 g/mol. The van der Waals surface area contributed by atoms with Gasteiger partial charge >= 0.3 is 0 Å². The standard InChI is InChI=1S/C22H28N2OS/c1-3-26-21-9-5-4-8-20(21)23-22(25)19-12-10-18(11-13-19)16-24-14-6-7-17(2)15-24/h4-5,8-13,17H,3,6-7,14-16H2,1-2H3,(H,23,25)/t17-/m1/s1. The Labute approximate surface area is 161 Å². The second kappa shape index (κ2) is 9.24. The first kappa shape index (κ1) is 19.0. The Morgan fingerprint density at radius 1 is 1.19 bits per heavy atom. The third-order valence-corrected chi connectivity index (χ3v) is 5.75. The van der Waals surface area contributed by atoms with Crippen LogP contribution in [-0.4, -0.2) is 29.6 Å². The van der Waals surface area contributed by atoms with Crippen molar-refractivity contribution in [2.45, 2.75) is 38.1 Å². The van der Waals surface area contributed by atoms with E-state index in [-0.39, 0.29) is 5.91 Å². The van der Waals surface area contributed by atoms with Gasteiger partial charge in [0.15, 0.2) is 0 Å². The van der Waals surface area contributed by atoms with Crippen LogP contribution in [0.1, 0.15) is 42.6 Å². The highest BCUT2D eigenvalue weighted by molar-refractivity contribution is 7.99. The smallest absolute Gasteiger partial charge is 0.255 e. The summed E-state index contributed by atoms with van der Waals surface area (Å²) in [6, 6.07) is 16.0. The summed E-state index contributed by atoms with van der Waals surface area (Å²) in [6.07, 6.45) is 2.63. The largest absolute Gasteiger partial charge is 0.321 e. The maximum absolute atomic E-state index is 12.6. The van der Waals surface area contributed by atoms with Crippen molar-refractivity contribution < 1.29 is 4.79 Å². The zero-order valence-electron chi connectivity index (χ0n) is 15.7. The first-order valence-corrected chi connectivity index (χ1v) is 10.5. The van der Waals surface area contributed by atoms with Crippen LogP contribution >= 0.6 is 11.8 Å². The minimum absolute atomic E-state index is 0.0488. The zero-order chi connectivity index (χ0) is 18.4. The van der Waals surface area contributed by atoms with Crippen LogP contribution in [0.25, 0.3) is 0 Å². The Morgan fingerprint density at radius 3 is 2.69 bits per heavy atom. The molecule has 1 atom stereocenters. The van der Waals surface area contributed by atoms with Gasteiger partial charge in [-0.25, -0.2) is 0 Å². The minimum atomic E-state index is -0.0488. The van der Waals surface area contributed by atoms with Gasteiger partial charge in [0.1, 0.15) is 0 Å². The van der Waals surface area contributed by atoms with Gasteiger partial charge in [-0.3, -0.25) is 9.69 Å². The number of anilines is 1. The third kappa shape index (κ3) is 5.12. The Morgan fingerprint density at radius 2 is 1.96 bits per heavy atom. The summed E-state index contributed by atoms with van der Waals surface area (Å²) in [5.74, 6) is 1.72. The van der Waals surface area contributed by atoms with Crippen molar-refractivity contribution in [3.05, 3.63) is 59.7 Å². The van der Waals surface area contributed by atoms with Gasteiger partial charge in [-0.2, -0.15) is 0 Å². The highest BCUT2D eigenvalue weighted by Gasteiger charge is 2.16. The van der Waals surface area contributed by atoms with Crippen LogP contribution in [0.2, 0.25) is 0 Å². The molecule has 1 saturated heterocycles. The molecule has 0 bridgehead atoms. The third-order valence-electron chi connectivity index (χ3n) is 4.80. The number of hydrogen-bond donors (Lipinski definition) is 1. The lowest BCUT2D eigenvalue weighted by Gasteiger charge is -2.30. The predicted molar refractivity (Wildman–Crippen MR) is 111 cm³/mol. The van der Waals surface area contributed by atoms with Gasteiger partial charge in [0.05, 0.1) is 5.69 Å². The summed E-state index contributed by atoms with van der Waals surface area (Å²) in [5.41, 5.74) is 2.87. The monoisotopic (exact) mass is 368 g/mol. The Hall–Kier alpha value is -1.78. The topological polar surface area (TPSA) is 32.3 Å². The molecule has 1 amide bonds. The van der Waals surface area contributed by atoms with E-state index >= 15 is 0 Å². The van der Waals surface area contributed by atoms with E-state index in [0.29, 0.717) is 5.56 Å². The van der Waals surface area contributed by atoms with Crippen molar-refractivity contribution >= 4 is 23.4 Å². The van der Waals surface area contributed by atoms with Crippen LogP contribution in [0.3, 0.4) is 0 Å². The van der Waals surface area contributed by atoms with E-state index in [1.165, 1.54) is 31.5 Å². The van der Waals surface area contributed by atoms with Crippen molar-refractivity contribution in [3.63, 3.8) is 0 Å². The summed E-state index contributed by atoms with van der Waals surface area (Å²) in [7, 11) is 0. The summed E-state index contributed by atoms with van der Waals surface area (Å²) in [4.78, 5) is 16.2. The first-order chi connectivity index (χ1) is 12.7. The van der Waals surface area contributed by atoms with Crippen molar-refractivity contribution in [1.82, 2.24) is 4.90 Å². The molecule has 1 aliphatic heterocycles. The molecule has 1 N–H and O–H groups in total. The average Bonchev–Trinajstić information content (AvgIpc) is 2.64. The molecule has 2 aromatic carbocycles. The number of piperidine rings is 1. The summed E-state index contributed by atoms with van der Waals surface area (Å²) >= 11 is 1.74. The number of rotatable bonds is 6. The van der Waals surface area contributed by atoms with Crippen LogP contribution in [0.4, 0.5) is 5.69 Å². The van der Waals surface area contributed by atoms with E-state index in [4.69, 9.17) is 0 Å². The molecule has 138 valence electrons. The number of thioether (sulfide) groups is 1. The molecule has 26 heavy (non-hydrogen) atoms. The van der Waals surface area contributed by atoms with Gasteiger partial charge in [-0.15, -0.1) is 11.8 Å². The molecule has 0 aromatic heterocycles. The molecule has 4 heteroatoms. The van der Waals surface area contributed by atoms with E-state index in [9.17, 15) is 4.79 Å². The molecule has 0 spiro atoms. The first-order valence-electron chi connectivity index (χ1n) is 9.50. The van der Waals surface area contributed by atoms with Gasteiger partial charge in [0.2, 0.25) is 0 Å². The number of benzene rings is 2. The second-order valence-electron chi connectivity index (χ2n) is 7.06. The lowest BCUT2D eigenvalue weighted by molar-refractivity contribution is 0.102. The van der Waals surface area contributed by atoms with E-state index in [1.54, 1.807) is 11.8 Å². The molecule has 1 aliphatic rings. The van der Waals surface area contributed by atoms with Crippen molar-refractivity contribution in [3.8, 4) is 0 Å². The lowest BCUT2D eigenvalue weighted by atomic mass is 9.99. The highest BCUT2D eigenvalue weighted by atomic mass is 32.2. The Kier molecular flexibility index (Phi) is 6.75. The van der Waals surface area contributed by atoms with Crippen LogP contribution in [0, 0.1) is 5.92 Å². The number of carbonyl (C=O) groups excluding carboxylic acids is 1. The molecule has 0 aliphatic carbocycles. The molecule has 0 radical (unpaired) electrons. The number of nitrogens with zero attached hydrogens (tertiary/aromatic N) is 1. The van der Waals surface area contributed by atoms with Gasteiger partial charge in [-0.05, 0) is 60.9 Å². The van der Waals surface area contributed by atoms with Crippen molar-refractivity contribution in [1.29, 1.82) is 0 Å². The van der Waals surface area contributed by atoms with E-state index in [1.807, 2.05) is 36.4 Å². The normalized spacial score (nSPS) is 17.8. The number of likely N-dealkylation sites (tertiary alicyclic amines) is 1. The molecule has 0 saturated carbocycles. The van der Waals surface area contributed by atoms with Crippen molar-refractivity contribution in [2.24, 2.45) is 5.92 Å². The summed E-state index contributed by atoms with van der Waals surface area (Å²) in [5, 5.41) is 3.05. The van der Waals surface area contributed by atoms with Crippen LogP contribution in [-0.2, 0) is 6.54 Å². The number of nitrogens with one attached hydrogen (secondary N) is 1. The van der Waals surface area contributed by atoms with Crippen LogP contribution in [0.5, 0.6) is 0 Å². The lowest BCUT2D eigenvalue weighted by Crippen LogP contribution is -2.33. The fourth-order valence-electron chi connectivity index (χ4n) is 3.50. The van der Waals surface area contributed by atoms with E-state index in [2.05, 4.69) is 36.2 Å². The Balaban J connectivity index is 1.62. The highest BCUT2D eigenvalue weighted by Crippen LogP contribution is 2.27. The fraction of sp³-hybridized carbons (Fsp3) is 0.409. The summed E-state index contributed by atoms with van der Waals surface area (Å²) in [6.45, 7) is 7.77. The molecule has 0 unspecified atom stereocenters. The Bertz CT molecular complexity index is 729. The molecular weight excluding hydrogens is 340 g/mol.